The number of H-pyrrole nitrogens is 1. The normalized spacial score (nSPS) is 16.2. The number of benzene rings is 2. The number of methoxy groups -OCH3 is 2. The third-order valence-corrected chi connectivity index (χ3v) is 5.26. The van der Waals surface area contributed by atoms with Crippen molar-refractivity contribution in [3.8, 4) is 17.2 Å². The molecule has 1 atom stereocenters. The Morgan fingerprint density at radius 3 is 2.74 bits per heavy atom. The van der Waals surface area contributed by atoms with Gasteiger partial charge in [0, 0.05) is 22.9 Å². The summed E-state index contributed by atoms with van der Waals surface area (Å²) in [4.78, 5) is 3.64. The zero-order valence-corrected chi connectivity index (χ0v) is 16.2. The average molecular weight is 367 g/mol. The molecule has 3 N–H and O–H groups in total. The SMILES string of the molecule is CCCOc1ccc(C2[NH2+]CCc3c2[nH]c2ccc(OC)cc32)cc1OC. The molecule has 5 heteroatoms. The van der Waals surface area contributed by atoms with Gasteiger partial charge in [-0.2, -0.15) is 0 Å². The van der Waals surface area contributed by atoms with Gasteiger partial charge < -0.3 is 24.5 Å². The molecule has 0 radical (unpaired) electrons. The maximum absolute atomic E-state index is 5.81. The van der Waals surface area contributed by atoms with Gasteiger partial charge in [0.25, 0.3) is 0 Å². The first-order valence-electron chi connectivity index (χ1n) is 9.57. The third-order valence-electron chi connectivity index (χ3n) is 5.26. The summed E-state index contributed by atoms with van der Waals surface area (Å²) in [6, 6.07) is 12.7. The van der Waals surface area contributed by atoms with Crippen LogP contribution in [-0.2, 0) is 6.42 Å². The van der Waals surface area contributed by atoms with E-state index in [0.717, 1.165) is 42.2 Å². The van der Waals surface area contributed by atoms with Gasteiger partial charge in [-0.3, -0.25) is 0 Å². The second-order valence-corrected chi connectivity index (χ2v) is 6.94. The van der Waals surface area contributed by atoms with Gasteiger partial charge in [-0.05, 0) is 48.4 Å². The monoisotopic (exact) mass is 367 g/mol. The third kappa shape index (κ3) is 3.23. The molecule has 0 amide bonds. The molecule has 27 heavy (non-hydrogen) atoms. The van der Waals surface area contributed by atoms with Crippen LogP contribution < -0.4 is 19.5 Å². The Morgan fingerprint density at radius 2 is 1.96 bits per heavy atom. The van der Waals surface area contributed by atoms with Gasteiger partial charge in [-0.25, -0.2) is 0 Å². The standard InChI is InChI=1S/C22H26N2O3/c1-4-11-27-19-8-5-14(12-20(19)26-3)21-22-16(9-10-23-21)17-13-15(25-2)6-7-18(17)24-22/h5-8,12-13,21,23-24H,4,9-11H2,1-3H3/p+1. The summed E-state index contributed by atoms with van der Waals surface area (Å²) < 4.78 is 16.8. The molecule has 2 aromatic carbocycles. The number of nitrogens with two attached hydrogens (primary N) is 1. The number of aromatic amines is 1. The molecule has 3 aromatic rings. The Balaban J connectivity index is 1.74. The smallest absolute Gasteiger partial charge is 0.161 e. The number of hydrogen-bond acceptors (Lipinski definition) is 3. The minimum atomic E-state index is 0.223. The molecule has 0 fully saturated rings. The molecule has 0 saturated heterocycles. The summed E-state index contributed by atoms with van der Waals surface area (Å²) in [5, 5.41) is 3.65. The molecular weight excluding hydrogens is 340 g/mol. The molecule has 0 aliphatic carbocycles. The van der Waals surface area contributed by atoms with E-state index in [4.69, 9.17) is 14.2 Å². The van der Waals surface area contributed by atoms with Crippen molar-refractivity contribution in [1.29, 1.82) is 0 Å². The van der Waals surface area contributed by atoms with Crippen LogP contribution in [-0.4, -0.2) is 32.4 Å². The number of ether oxygens (including phenoxy) is 3. The molecule has 0 spiro atoms. The van der Waals surface area contributed by atoms with E-state index < -0.39 is 0 Å². The van der Waals surface area contributed by atoms with Gasteiger partial charge in [0.05, 0.1) is 33.1 Å². The number of quaternary nitrogens is 1. The van der Waals surface area contributed by atoms with Gasteiger partial charge in [0.15, 0.2) is 17.5 Å². The highest BCUT2D eigenvalue weighted by molar-refractivity contribution is 5.86. The van der Waals surface area contributed by atoms with E-state index in [1.54, 1.807) is 14.2 Å². The van der Waals surface area contributed by atoms with Gasteiger partial charge in [0.2, 0.25) is 0 Å². The highest BCUT2D eigenvalue weighted by Gasteiger charge is 2.29. The fourth-order valence-electron chi connectivity index (χ4n) is 3.93. The minimum absolute atomic E-state index is 0.223. The molecular formula is C22H27N2O3+. The topological polar surface area (TPSA) is 60.1 Å². The van der Waals surface area contributed by atoms with Crippen molar-refractivity contribution < 1.29 is 19.5 Å². The van der Waals surface area contributed by atoms with E-state index in [1.165, 1.54) is 22.2 Å². The highest BCUT2D eigenvalue weighted by atomic mass is 16.5. The molecule has 1 aromatic heterocycles. The molecule has 0 saturated carbocycles. The second kappa shape index (κ2) is 7.53. The van der Waals surface area contributed by atoms with E-state index in [9.17, 15) is 0 Å². The molecule has 5 nitrogen and oxygen atoms in total. The summed E-state index contributed by atoms with van der Waals surface area (Å²) >= 11 is 0. The number of rotatable bonds is 6. The largest absolute Gasteiger partial charge is 0.497 e. The Bertz CT molecular complexity index is 948. The molecule has 1 aliphatic heterocycles. The van der Waals surface area contributed by atoms with Crippen LogP contribution in [0.1, 0.15) is 36.2 Å². The molecule has 1 unspecified atom stereocenters. The zero-order valence-electron chi connectivity index (χ0n) is 16.2. The highest BCUT2D eigenvalue weighted by Crippen LogP contribution is 2.35. The summed E-state index contributed by atoms with van der Waals surface area (Å²) in [7, 11) is 3.41. The van der Waals surface area contributed by atoms with Crippen molar-refractivity contribution in [1.82, 2.24) is 4.98 Å². The van der Waals surface area contributed by atoms with Crippen molar-refractivity contribution in [2.75, 3.05) is 27.4 Å². The predicted octanol–water partition coefficient (Wildman–Crippen LogP) is 3.18. The first-order chi connectivity index (χ1) is 13.2. The molecule has 142 valence electrons. The van der Waals surface area contributed by atoms with Gasteiger partial charge in [0.1, 0.15) is 5.75 Å². The lowest BCUT2D eigenvalue weighted by molar-refractivity contribution is -0.690. The van der Waals surface area contributed by atoms with Crippen molar-refractivity contribution >= 4 is 10.9 Å². The number of fused-ring (bicyclic) bond motifs is 3. The first kappa shape index (κ1) is 17.7. The van der Waals surface area contributed by atoms with E-state index in [0.29, 0.717) is 6.61 Å². The molecule has 0 bridgehead atoms. The lowest BCUT2D eigenvalue weighted by atomic mass is 9.94. The summed E-state index contributed by atoms with van der Waals surface area (Å²) in [6.07, 6.45) is 2.02. The Morgan fingerprint density at radius 1 is 1.07 bits per heavy atom. The maximum atomic E-state index is 5.81. The fraction of sp³-hybridized carbons (Fsp3) is 0.364. The van der Waals surface area contributed by atoms with E-state index in [1.807, 2.05) is 12.1 Å². The second-order valence-electron chi connectivity index (χ2n) is 6.94. The fourth-order valence-corrected chi connectivity index (χ4v) is 3.93. The predicted molar refractivity (Wildman–Crippen MR) is 106 cm³/mol. The molecule has 2 heterocycles. The number of hydrogen-bond donors (Lipinski definition) is 2. The Hall–Kier alpha value is -2.66. The summed E-state index contributed by atoms with van der Waals surface area (Å²) in [6.45, 7) is 3.85. The van der Waals surface area contributed by atoms with Crippen molar-refractivity contribution in [3.05, 3.63) is 53.2 Å². The maximum Gasteiger partial charge on any atom is 0.161 e. The summed E-state index contributed by atoms with van der Waals surface area (Å²) in [5.41, 5.74) is 5.04. The Labute approximate surface area is 159 Å². The number of nitrogens with one attached hydrogen (secondary N) is 1. The van der Waals surface area contributed by atoms with Crippen molar-refractivity contribution in [2.45, 2.75) is 25.8 Å². The van der Waals surface area contributed by atoms with Crippen LogP contribution in [0.15, 0.2) is 36.4 Å². The Kier molecular flexibility index (Phi) is 4.94. The lowest BCUT2D eigenvalue weighted by Gasteiger charge is -2.22. The van der Waals surface area contributed by atoms with E-state index >= 15 is 0 Å². The van der Waals surface area contributed by atoms with Crippen molar-refractivity contribution in [2.24, 2.45) is 0 Å². The lowest BCUT2D eigenvalue weighted by Crippen LogP contribution is -2.87. The molecule has 1 aliphatic rings. The number of aromatic nitrogens is 1. The van der Waals surface area contributed by atoms with Crippen LogP contribution >= 0.6 is 0 Å². The minimum Gasteiger partial charge on any atom is -0.497 e. The van der Waals surface area contributed by atoms with E-state index in [-0.39, 0.29) is 6.04 Å². The van der Waals surface area contributed by atoms with Crippen LogP contribution in [0.5, 0.6) is 17.2 Å². The summed E-state index contributed by atoms with van der Waals surface area (Å²) in [5.74, 6) is 2.49. The van der Waals surface area contributed by atoms with E-state index in [2.05, 4.69) is 41.5 Å². The van der Waals surface area contributed by atoms with Crippen LogP contribution in [0.4, 0.5) is 0 Å². The van der Waals surface area contributed by atoms with Crippen LogP contribution in [0.3, 0.4) is 0 Å². The van der Waals surface area contributed by atoms with Gasteiger partial charge in [-0.1, -0.05) is 6.92 Å². The van der Waals surface area contributed by atoms with Gasteiger partial charge >= 0.3 is 0 Å². The van der Waals surface area contributed by atoms with Crippen LogP contribution in [0.2, 0.25) is 0 Å². The quantitative estimate of drug-likeness (QED) is 0.703. The van der Waals surface area contributed by atoms with Gasteiger partial charge in [-0.15, -0.1) is 0 Å². The van der Waals surface area contributed by atoms with Crippen LogP contribution in [0.25, 0.3) is 10.9 Å². The zero-order chi connectivity index (χ0) is 18.8. The van der Waals surface area contributed by atoms with Crippen LogP contribution in [0, 0.1) is 0 Å². The van der Waals surface area contributed by atoms with Crippen molar-refractivity contribution in [3.63, 3.8) is 0 Å². The molecule has 4 rings (SSSR count). The average Bonchev–Trinajstić information content (AvgIpc) is 3.10. The first-order valence-corrected chi connectivity index (χ1v) is 9.57.